The Morgan fingerprint density at radius 1 is 1.11 bits per heavy atom. The number of para-hydroxylation sites is 1. The Bertz CT molecular complexity index is 1410. The molecule has 0 fully saturated rings. The van der Waals surface area contributed by atoms with Crippen LogP contribution in [0.5, 0.6) is 0 Å². The van der Waals surface area contributed by atoms with Crippen molar-refractivity contribution in [3.63, 3.8) is 0 Å². The summed E-state index contributed by atoms with van der Waals surface area (Å²) in [5.74, 6) is 1.10. The first-order chi connectivity index (χ1) is 16.9. The average molecular weight is 494 g/mol. The summed E-state index contributed by atoms with van der Waals surface area (Å²) in [6.07, 6.45) is 1.00. The molecule has 0 unspecified atom stereocenters. The SMILES string of the molecule is Cc1ccc(-n2c(=O)c3ccccc3n3c(SCC(=O)NCCOCCC(C)C)nnc23)c(C)c1. The van der Waals surface area contributed by atoms with Gasteiger partial charge in [-0.2, -0.15) is 0 Å². The molecule has 0 aliphatic rings. The number of carbonyl (C=O) groups excluding carboxylic acids is 1. The molecule has 0 aliphatic carbocycles. The van der Waals surface area contributed by atoms with Crippen LogP contribution in [0, 0.1) is 19.8 Å². The van der Waals surface area contributed by atoms with E-state index in [2.05, 4.69) is 29.4 Å². The quantitative estimate of drug-likeness (QED) is 0.266. The summed E-state index contributed by atoms with van der Waals surface area (Å²) in [6, 6.07) is 13.3. The van der Waals surface area contributed by atoms with Crippen LogP contribution in [0.2, 0.25) is 0 Å². The Hall–Kier alpha value is -3.17. The van der Waals surface area contributed by atoms with Gasteiger partial charge in [0.15, 0.2) is 5.16 Å². The molecule has 184 valence electrons. The molecule has 9 heteroatoms. The van der Waals surface area contributed by atoms with Crippen LogP contribution in [0.1, 0.15) is 31.4 Å². The maximum absolute atomic E-state index is 13.5. The van der Waals surface area contributed by atoms with Crippen molar-refractivity contribution in [1.82, 2.24) is 24.5 Å². The van der Waals surface area contributed by atoms with Crippen molar-refractivity contribution >= 4 is 34.3 Å². The van der Waals surface area contributed by atoms with E-state index in [-0.39, 0.29) is 17.2 Å². The summed E-state index contributed by atoms with van der Waals surface area (Å²) in [5.41, 5.74) is 3.40. The van der Waals surface area contributed by atoms with Crippen molar-refractivity contribution in [1.29, 1.82) is 0 Å². The molecule has 0 bridgehead atoms. The normalized spacial score (nSPS) is 11.6. The minimum atomic E-state index is -0.154. The summed E-state index contributed by atoms with van der Waals surface area (Å²) in [7, 11) is 0. The number of nitrogens with zero attached hydrogens (tertiary/aromatic N) is 4. The molecule has 2 aromatic carbocycles. The van der Waals surface area contributed by atoms with Crippen molar-refractivity contribution in [2.75, 3.05) is 25.5 Å². The lowest BCUT2D eigenvalue weighted by atomic mass is 10.1. The molecular formula is C26H31N5O3S. The Labute approximate surface area is 208 Å². The Morgan fingerprint density at radius 3 is 2.69 bits per heavy atom. The van der Waals surface area contributed by atoms with Crippen LogP contribution in [0.25, 0.3) is 22.4 Å². The van der Waals surface area contributed by atoms with Gasteiger partial charge in [-0.1, -0.05) is 55.4 Å². The zero-order valence-electron chi connectivity index (χ0n) is 20.6. The summed E-state index contributed by atoms with van der Waals surface area (Å²) < 4.78 is 9.00. The van der Waals surface area contributed by atoms with E-state index >= 15 is 0 Å². The van der Waals surface area contributed by atoms with Crippen LogP contribution in [-0.4, -0.2) is 50.6 Å². The molecule has 1 N–H and O–H groups in total. The van der Waals surface area contributed by atoms with E-state index in [1.165, 1.54) is 11.8 Å². The van der Waals surface area contributed by atoms with Crippen LogP contribution in [0.3, 0.4) is 0 Å². The number of ether oxygens (including phenoxy) is 1. The molecule has 0 atom stereocenters. The predicted molar refractivity (Wildman–Crippen MR) is 140 cm³/mol. The number of aromatic nitrogens is 4. The zero-order valence-corrected chi connectivity index (χ0v) is 21.4. The fourth-order valence-corrected chi connectivity index (χ4v) is 4.68. The number of aryl methyl sites for hydroxylation is 2. The van der Waals surface area contributed by atoms with Gasteiger partial charge in [0, 0.05) is 13.2 Å². The number of carbonyl (C=O) groups is 1. The van der Waals surface area contributed by atoms with E-state index in [4.69, 9.17) is 4.74 Å². The Balaban J connectivity index is 1.58. The predicted octanol–water partition coefficient (Wildman–Crippen LogP) is 3.92. The lowest BCUT2D eigenvalue weighted by Crippen LogP contribution is -2.29. The number of thioether (sulfide) groups is 1. The standard InChI is InChI=1S/C26H31N5O3S/c1-17(2)11-13-34-14-12-27-23(32)16-35-26-29-28-25-30(21-10-9-18(3)15-19(21)4)24(33)20-7-5-6-8-22(20)31(25)26/h5-10,15,17H,11-14,16H2,1-4H3,(H,27,32). The maximum Gasteiger partial charge on any atom is 0.267 e. The monoisotopic (exact) mass is 493 g/mol. The second-order valence-corrected chi connectivity index (χ2v) is 9.94. The largest absolute Gasteiger partial charge is 0.380 e. The molecule has 0 saturated carbocycles. The average Bonchev–Trinajstić information content (AvgIpc) is 3.25. The van der Waals surface area contributed by atoms with Crippen LogP contribution in [0.4, 0.5) is 0 Å². The number of hydrogen-bond acceptors (Lipinski definition) is 6. The van der Waals surface area contributed by atoms with Crippen LogP contribution in [0.15, 0.2) is 52.4 Å². The first-order valence-corrected chi connectivity index (χ1v) is 12.8. The highest BCUT2D eigenvalue weighted by Crippen LogP contribution is 2.24. The second-order valence-electron chi connectivity index (χ2n) is 9.00. The third kappa shape index (κ3) is 5.57. The molecule has 4 aromatic rings. The first kappa shape index (κ1) is 24.9. The third-order valence-electron chi connectivity index (χ3n) is 5.73. The smallest absolute Gasteiger partial charge is 0.267 e. The number of fused-ring (bicyclic) bond motifs is 3. The second kappa shape index (κ2) is 11.0. The van der Waals surface area contributed by atoms with Gasteiger partial charge in [-0.3, -0.25) is 14.0 Å². The number of rotatable bonds is 10. The molecule has 2 aromatic heterocycles. The molecular weight excluding hydrogens is 462 g/mol. The Kier molecular flexibility index (Phi) is 7.87. The summed E-state index contributed by atoms with van der Waals surface area (Å²) in [6.45, 7) is 9.95. The van der Waals surface area contributed by atoms with Gasteiger partial charge >= 0.3 is 0 Å². The molecule has 0 aliphatic heterocycles. The minimum Gasteiger partial charge on any atom is -0.380 e. The third-order valence-corrected chi connectivity index (χ3v) is 6.66. The molecule has 8 nitrogen and oxygen atoms in total. The zero-order chi connectivity index (χ0) is 24.9. The van der Waals surface area contributed by atoms with Crippen LogP contribution < -0.4 is 10.9 Å². The van der Waals surface area contributed by atoms with Crippen molar-refractivity contribution in [2.45, 2.75) is 39.3 Å². The number of nitrogens with one attached hydrogen (secondary N) is 1. The lowest BCUT2D eigenvalue weighted by molar-refractivity contribution is -0.118. The van der Waals surface area contributed by atoms with Crippen LogP contribution >= 0.6 is 11.8 Å². The van der Waals surface area contributed by atoms with Gasteiger partial charge in [0.05, 0.1) is 29.0 Å². The molecule has 35 heavy (non-hydrogen) atoms. The summed E-state index contributed by atoms with van der Waals surface area (Å²) in [5, 5.41) is 12.7. The van der Waals surface area contributed by atoms with E-state index in [9.17, 15) is 9.59 Å². The fourth-order valence-electron chi connectivity index (χ4n) is 3.91. The number of hydrogen-bond donors (Lipinski definition) is 1. The first-order valence-electron chi connectivity index (χ1n) is 11.8. The van der Waals surface area contributed by atoms with Gasteiger partial charge in [0.25, 0.3) is 5.56 Å². The molecule has 0 radical (unpaired) electrons. The van der Waals surface area contributed by atoms with Gasteiger partial charge < -0.3 is 10.1 Å². The van der Waals surface area contributed by atoms with E-state index < -0.39 is 0 Å². The minimum absolute atomic E-state index is 0.105. The van der Waals surface area contributed by atoms with Gasteiger partial charge in [-0.15, -0.1) is 10.2 Å². The van der Waals surface area contributed by atoms with E-state index in [0.717, 1.165) is 23.2 Å². The molecule has 2 heterocycles. The lowest BCUT2D eigenvalue weighted by Gasteiger charge is -2.13. The van der Waals surface area contributed by atoms with E-state index in [1.807, 2.05) is 54.6 Å². The number of amides is 1. The van der Waals surface area contributed by atoms with Gasteiger partial charge in [-0.05, 0) is 49.9 Å². The molecule has 4 rings (SSSR count). The molecule has 0 saturated heterocycles. The van der Waals surface area contributed by atoms with E-state index in [0.29, 0.717) is 47.5 Å². The van der Waals surface area contributed by atoms with Crippen LogP contribution in [-0.2, 0) is 9.53 Å². The highest BCUT2D eigenvalue weighted by Gasteiger charge is 2.19. The fraction of sp³-hybridized carbons (Fsp3) is 0.385. The highest BCUT2D eigenvalue weighted by molar-refractivity contribution is 7.99. The van der Waals surface area contributed by atoms with E-state index in [1.54, 1.807) is 10.6 Å². The van der Waals surface area contributed by atoms with Crippen molar-refractivity contribution < 1.29 is 9.53 Å². The molecule has 1 amide bonds. The summed E-state index contributed by atoms with van der Waals surface area (Å²) >= 11 is 1.29. The topological polar surface area (TPSA) is 90.5 Å². The highest BCUT2D eigenvalue weighted by atomic mass is 32.2. The van der Waals surface area contributed by atoms with Crippen molar-refractivity contribution in [3.8, 4) is 5.69 Å². The van der Waals surface area contributed by atoms with Gasteiger partial charge in [0.2, 0.25) is 11.7 Å². The summed E-state index contributed by atoms with van der Waals surface area (Å²) in [4.78, 5) is 25.9. The van der Waals surface area contributed by atoms with Gasteiger partial charge in [0.1, 0.15) is 0 Å². The Morgan fingerprint density at radius 2 is 1.91 bits per heavy atom. The number of benzene rings is 2. The van der Waals surface area contributed by atoms with Crippen molar-refractivity contribution in [3.05, 3.63) is 63.9 Å². The maximum atomic E-state index is 13.5. The van der Waals surface area contributed by atoms with Crippen molar-refractivity contribution in [2.24, 2.45) is 5.92 Å². The molecule has 0 spiro atoms. The van der Waals surface area contributed by atoms with Gasteiger partial charge in [-0.25, -0.2) is 4.57 Å².